The van der Waals surface area contributed by atoms with Gasteiger partial charge in [0.15, 0.2) is 0 Å². The molecule has 25 heavy (non-hydrogen) atoms. The van der Waals surface area contributed by atoms with Crippen LogP contribution in [0.1, 0.15) is 23.2 Å². The number of ether oxygens (including phenoxy) is 1. The average molecular weight is 339 g/mol. The van der Waals surface area contributed by atoms with Gasteiger partial charge in [-0.3, -0.25) is 4.79 Å². The van der Waals surface area contributed by atoms with Crippen LogP contribution in [0.25, 0.3) is 0 Å². The third kappa shape index (κ3) is 5.06. The Balaban J connectivity index is 1.49. The van der Waals surface area contributed by atoms with Crippen LogP contribution in [0.15, 0.2) is 54.6 Å². The highest BCUT2D eigenvalue weighted by Crippen LogP contribution is 2.13. The largest absolute Gasteiger partial charge is 0.376 e. The van der Waals surface area contributed by atoms with Gasteiger partial charge in [-0.25, -0.2) is 4.79 Å². The average Bonchev–Trinajstić information content (AvgIpc) is 3.15. The Hall–Kier alpha value is -2.86. The Morgan fingerprint density at radius 3 is 2.36 bits per heavy atom. The number of amides is 3. The third-order valence-corrected chi connectivity index (χ3v) is 3.95. The van der Waals surface area contributed by atoms with E-state index >= 15 is 0 Å². The molecule has 0 aromatic heterocycles. The van der Waals surface area contributed by atoms with E-state index in [9.17, 15) is 9.59 Å². The van der Waals surface area contributed by atoms with Crippen molar-refractivity contribution in [3.63, 3.8) is 0 Å². The Kier molecular flexibility index (Phi) is 5.64. The third-order valence-electron chi connectivity index (χ3n) is 3.95. The Morgan fingerprint density at radius 2 is 1.68 bits per heavy atom. The number of carbonyl (C=O) groups excluding carboxylic acids is 2. The maximum Gasteiger partial charge on any atom is 0.319 e. The van der Waals surface area contributed by atoms with Crippen molar-refractivity contribution < 1.29 is 14.3 Å². The van der Waals surface area contributed by atoms with Crippen LogP contribution in [0.3, 0.4) is 0 Å². The van der Waals surface area contributed by atoms with E-state index in [0.717, 1.165) is 25.1 Å². The minimum Gasteiger partial charge on any atom is -0.376 e. The van der Waals surface area contributed by atoms with Gasteiger partial charge in [-0.15, -0.1) is 0 Å². The second kappa shape index (κ2) is 8.30. The van der Waals surface area contributed by atoms with Crippen LogP contribution in [-0.2, 0) is 4.74 Å². The molecule has 1 aliphatic rings. The summed E-state index contributed by atoms with van der Waals surface area (Å²) in [6, 6.07) is 15.7. The van der Waals surface area contributed by atoms with Crippen molar-refractivity contribution in [2.24, 2.45) is 0 Å². The van der Waals surface area contributed by atoms with Crippen LogP contribution >= 0.6 is 0 Å². The zero-order valence-corrected chi connectivity index (χ0v) is 13.8. The zero-order valence-electron chi connectivity index (χ0n) is 13.8. The van der Waals surface area contributed by atoms with Crippen LogP contribution < -0.4 is 16.0 Å². The van der Waals surface area contributed by atoms with E-state index in [-0.39, 0.29) is 18.0 Å². The molecule has 1 heterocycles. The van der Waals surface area contributed by atoms with E-state index in [1.54, 1.807) is 24.3 Å². The lowest BCUT2D eigenvalue weighted by molar-refractivity contribution is 0.102. The Bertz CT molecular complexity index is 710. The molecule has 0 saturated carbocycles. The quantitative estimate of drug-likeness (QED) is 0.782. The van der Waals surface area contributed by atoms with Gasteiger partial charge in [0.1, 0.15) is 0 Å². The standard InChI is InChI=1S/C19H21N3O3/c23-18(21-15-5-2-1-3-6-15)14-8-10-16(11-9-14)22-19(24)20-13-17-7-4-12-25-17/h1-3,5-6,8-11,17H,4,7,12-13H2,(H,21,23)(H2,20,22,24). The molecule has 1 fully saturated rings. The number of benzene rings is 2. The molecular weight excluding hydrogens is 318 g/mol. The number of hydrogen-bond donors (Lipinski definition) is 3. The summed E-state index contributed by atoms with van der Waals surface area (Å²) >= 11 is 0. The number of rotatable bonds is 5. The monoisotopic (exact) mass is 339 g/mol. The van der Waals surface area contributed by atoms with E-state index < -0.39 is 0 Å². The van der Waals surface area contributed by atoms with E-state index in [1.165, 1.54) is 0 Å². The van der Waals surface area contributed by atoms with E-state index in [0.29, 0.717) is 17.8 Å². The number of nitrogens with one attached hydrogen (secondary N) is 3. The lowest BCUT2D eigenvalue weighted by Gasteiger charge is -2.12. The van der Waals surface area contributed by atoms with Gasteiger partial charge in [-0.05, 0) is 49.2 Å². The summed E-state index contributed by atoms with van der Waals surface area (Å²) in [6.07, 6.45) is 2.13. The Labute approximate surface area is 146 Å². The topological polar surface area (TPSA) is 79.5 Å². The molecule has 2 aromatic carbocycles. The highest BCUT2D eigenvalue weighted by Gasteiger charge is 2.16. The lowest BCUT2D eigenvalue weighted by Crippen LogP contribution is -2.35. The van der Waals surface area contributed by atoms with Crippen molar-refractivity contribution in [1.82, 2.24) is 5.32 Å². The molecule has 0 spiro atoms. The van der Waals surface area contributed by atoms with Gasteiger partial charge in [-0.2, -0.15) is 0 Å². The van der Waals surface area contributed by atoms with Crippen LogP contribution in [0, 0.1) is 0 Å². The summed E-state index contributed by atoms with van der Waals surface area (Å²) in [5.41, 5.74) is 1.89. The van der Waals surface area contributed by atoms with E-state index in [2.05, 4.69) is 16.0 Å². The summed E-state index contributed by atoms with van der Waals surface area (Å²) in [7, 11) is 0. The number of hydrogen-bond acceptors (Lipinski definition) is 3. The van der Waals surface area contributed by atoms with Crippen LogP contribution in [0.4, 0.5) is 16.2 Å². The lowest BCUT2D eigenvalue weighted by atomic mass is 10.2. The van der Waals surface area contributed by atoms with Crippen LogP contribution in [0.2, 0.25) is 0 Å². The molecule has 0 bridgehead atoms. The molecule has 0 aliphatic carbocycles. The van der Waals surface area contributed by atoms with Gasteiger partial charge in [0.25, 0.3) is 5.91 Å². The summed E-state index contributed by atoms with van der Waals surface area (Å²) < 4.78 is 5.46. The normalized spacial score (nSPS) is 16.2. The fourth-order valence-corrected chi connectivity index (χ4v) is 2.62. The SMILES string of the molecule is O=C(NCC1CCCO1)Nc1ccc(C(=O)Nc2ccccc2)cc1. The molecule has 0 radical (unpaired) electrons. The zero-order chi connectivity index (χ0) is 17.5. The maximum atomic E-state index is 12.2. The molecule has 1 atom stereocenters. The van der Waals surface area contributed by atoms with Gasteiger partial charge >= 0.3 is 6.03 Å². The van der Waals surface area contributed by atoms with Gasteiger partial charge in [-0.1, -0.05) is 18.2 Å². The molecule has 3 rings (SSSR count). The molecule has 130 valence electrons. The highest BCUT2D eigenvalue weighted by atomic mass is 16.5. The predicted molar refractivity (Wildman–Crippen MR) is 96.8 cm³/mol. The van der Waals surface area contributed by atoms with Crippen molar-refractivity contribution in [3.05, 3.63) is 60.2 Å². The molecule has 6 nitrogen and oxygen atoms in total. The van der Waals surface area contributed by atoms with Crippen molar-refractivity contribution in [2.75, 3.05) is 23.8 Å². The minimum atomic E-state index is -0.281. The predicted octanol–water partition coefficient (Wildman–Crippen LogP) is 3.24. The van der Waals surface area contributed by atoms with Crippen molar-refractivity contribution in [1.29, 1.82) is 0 Å². The molecule has 1 saturated heterocycles. The fraction of sp³-hybridized carbons (Fsp3) is 0.263. The molecule has 2 aromatic rings. The summed E-state index contributed by atoms with van der Waals surface area (Å²) in [5.74, 6) is -0.194. The van der Waals surface area contributed by atoms with Crippen LogP contribution in [0.5, 0.6) is 0 Å². The first kappa shape index (κ1) is 17.0. The minimum absolute atomic E-state index is 0.106. The number of para-hydroxylation sites is 1. The van der Waals surface area contributed by atoms with Gasteiger partial charge in [0.05, 0.1) is 6.10 Å². The molecule has 6 heteroatoms. The van der Waals surface area contributed by atoms with Crippen molar-refractivity contribution in [3.8, 4) is 0 Å². The summed E-state index contributed by atoms with van der Waals surface area (Å²) in [5, 5.41) is 8.35. The van der Waals surface area contributed by atoms with Gasteiger partial charge in [0, 0.05) is 30.1 Å². The highest BCUT2D eigenvalue weighted by molar-refractivity contribution is 6.04. The smallest absolute Gasteiger partial charge is 0.319 e. The van der Waals surface area contributed by atoms with Crippen LogP contribution in [-0.4, -0.2) is 31.2 Å². The molecular formula is C19H21N3O3. The second-order valence-electron chi connectivity index (χ2n) is 5.87. The maximum absolute atomic E-state index is 12.2. The van der Waals surface area contributed by atoms with Crippen molar-refractivity contribution >= 4 is 23.3 Å². The summed E-state index contributed by atoms with van der Waals surface area (Å²) in [6.45, 7) is 1.27. The first-order valence-electron chi connectivity index (χ1n) is 8.33. The summed E-state index contributed by atoms with van der Waals surface area (Å²) in [4.78, 5) is 24.0. The molecule has 1 unspecified atom stereocenters. The molecule has 1 aliphatic heterocycles. The fourth-order valence-electron chi connectivity index (χ4n) is 2.62. The number of carbonyl (C=O) groups is 2. The second-order valence-corrected chi connectivity index (χ2v) is 5.87. The molecule has 3 N–H and O–H groups in total. The number of anilines is 2. The Morgan fingerprint density at radius 1 is 0.960 bits per heavy atom. The number of urea groups is 1. The van der Waals surface area contributed by atoms with Crippen molar-refractivity contribution in [2.45, 2.75) is 18.9 Å². The van der Waals surface area contributed by atoms with Gasteiger partial charge < -0.3 is 20.7 Å². The van der Waals surface area contributed by atoms with E-state index in [1.807, 2.05) is 30.3 Å². The first-order chi connectivity index (χ1) is 12.2. The first-order valence-corrected chi connectivity index (χ1v) is 8.33. The van der Waals surface area contributed by atoms with E-state index in [4.69, 9.17) is 4.74 Å². The molecule has 3 amide bonds. The van der Waals surface area contributed by atoms with Gasteiger partial charge in [0.2, 0.25) is 0 Å².